The third-order valence-electron chi connectivity index (χ3n) is 1.86. The number of hydrogen-bond donors (Lipinski definition) is 1. The number of nitrogens with one attached hydrogen (secondary N) is 1. The standard InChI is InChI=1S/C9H18N2O/c1-8(2)12-11-7-9-5-3-4-6-10-9/h7-10H,3-6H2,1-2H3. The van der Waals surface area contributed by atoms with Crippen LogP contribution in [0.5, 0.6) is 0 Å². The molecule has 3 nitrogen and oxygen atoms in total. The summed E-state index contributed by atoms with van der Waals surface area (Å²) >= 11 is 0. The summed E-state index contributed by atoms with van der Waals surface area (Å²) in [6.07, 6.45) is 5.83. The van der Waals surface area contributed by atoms with Gasteiger partial charge in [-0.25, -0.2) is 0 Å². The Bertz CT molecular complexity index is 139. The average molecular weight is 170 g/mol. The fourth-order valence-corrected chi connectivity index (χ4v) is 1.24. The lowest BCUT2D eigenvalue weighted by Gasteiger charge is -2.19. The maximum absolute atomic E-state index is 5.07. The Morgan fingerprint density at radius 3 is 2.92 bits per heavy atom. The van der Waals surface area contributed by atoms with Crippen LogP contribution in [0.3, 0.4) is 0 Å². The second-order valence-electron chi connectivity index (χ2n) is 3.47. The molecular weight excluding hydrogens is 152 g/mol. The Morgan fingerprint density at radius 1 is 1.50 bits per heavy atom. The van der Waals surface area contributed by atoms with E-state index in [1.54, 1.807) is 0 Å². The van der Waals surface area contributed by atoms with Crippen LogP contribution in [0, 0.1) is 0 Å². The summed E-state index contributed by atoms with van der Waals surface area (Å²) in [7, 11) is 0. The Balaban J connectivity index is 2.15. The summed E-state index contributed by atoms with van der Waals surface area (Å²) in [5.41, 5.74) is 0. The molecule has 0 radical (unpaired) electrons. The van der Waals surface area contributed by atoms with Gasteiger partial charge in [-0.1, -0.05) is 11.6 Å². The smallest absolute Gasteiger partial charge is 0.122 e. The lowest BCUT2D eigenvalue weighted by molar-refractivity contribution is 0.0862. The summed E-state index contributed by atoms with van der Waals surface area (Å²) < 4.78 is 0. The molecule has 0 aliphatic carbocycles. The monoisotopic (exact) mass is 170 g/mol. The molecule has 1 N–H and O–H groups in total. The van der Waals surface area contributed by atoms with Gasteiger partial charge in [0.2, 0.25) is 0 Å². The van der Waals surface area contributed by atoms with Gasteiger partial charge >= 0.3 is 0 Å². The number of oxime groups is 1. The lowest BCUT2D eigenvalue weighted by Crippen LogP contribution is -2.35. The van der Waals surface area contributed by atoms with Gasteiger partial charge in [-0.2, -0.15) is 0 Å². The van der Waals surface area contributed by atoms with E-state index in [-0.39, 0.29) is 6.10 Å². The van der Waals surface area contributed by atoms with Gasteiger partial charge in [0.1, 0.15) is 6.10 Å². The second kappa shape index (κ2) is 5.14. The van der Waals surface area contributed by atoms with Crippen molar-refractivity contribution in [3.63, 3.8) is 0 Å². The molecule has 1 fully saturated rings. The number of nitrogens with zero attached hydrogens (tertiary/aromatic N) is 1. The molecule has 1 unspecified atom stereocenters. The van der Waals surface area contributed by atoms with Crippen LogP contribution in [-0.4, -0.2) is 24.9 Å². The minimum absolute atomic E-state index is 0.185. The van der Waals surface area contributed by atoms with Crippen LogP contribution < -0.4 is 5.32 Å². The third-order valence-corrected chi connectivity index (χ3v) is 1.86. The Morgan fingerprint density at radius 2 is 2.33 bits per heavy atom. The zero-order valence-electron chi connectivity index (χ0n) is 7.92. The van der Waals surface area contributed by atoms with Gasteiger partial charge < -0.3 is 10.2 Å². The van der Waals surface area contributed by atoms with E-state index in [0.29, 0.717) is 6.04 Å². The molecule has 0 amide bonds. The first kappa shape index (κ1) is 9.52. The van der Waals surface area contributed by atoms with Crippen molar-refractivity contribution in [3.05, 3.63) is 0 Å². The molecule has 1 atom stereocenters. The Labute approximate surface area is 74.2 Å². The van der Waals surface area contributed by atoms with E-state index in [1.165, 1.54) is 19.3 Å². The second-order valence-corrected chi connectivity index (χ2v) is 3.47. The van der Waals surface area contributed by atoms with Gasteiger partial charge in [0.05, 0.1) is 6.21 Å². The number of rotatable bonds is 3. The van der Waals surface area contributed by atoms with E-state index in [4.69, 9.17) is 4.84 Å². The molecule has 0 spiro atoms. The fraction of sp³-hybridized carbons (Fsp3) is 0.889. The molecule has 1 rings (SSSR count). The molecule has 0 aromatic rings. The van der Waals surface area contributed by atoms with E-state index in [1.807, 2.05) is 20.1 Å². The molecule has 3 heteroatoms. The highest BCUT2D eigenvalue weighted by Crippen LogP contribution is 2.04. The highest BCUT2D eigenvalue weighted by Gasteiger charge is 2.09. The maximum atomic E-state index is 5.07. The molecule has 1 heterocycles. The number of hydrogen-bond acceptors (Lipinski definition) is 3. The normalized spacial score (nSPS) is 25.1. The van der Waals surface area contributed by atoms with E-state index in [9.17, 15) is 0 Å². The minimum atomic E-state index is 0.185. The largest absolute Gasteiger partial charge is 0.393 e. The van der Waals surface area contributed by atoms with Crippen molar-refractivity contribution in [1.29, 1.82) is 0 Å². The molecule has 1 saturated heterocycles. The van der Waals surface area contributed by atoms with Crippen LogP contribution in [0.15, 0.2) is 5.16 Å². The van der Waals surface area contributed by atoms with Crippen LogP contribution in [-0.2, 0) is 4.84 Å². The van der Waals surface area contributed by atoms with Gasteiger partial charge in [0.25, 0.3) is 0 Å². The van der Waals surface area contributed by atoms with Crippen LogP contribution in [0.25, 0.3) is 0 Å². The molecule has 1 aliphatic heterocycles. The predicted octanol–water partition coefficient (Wildman–Crippen LogP) is 1.54. The van der Waals surface area contributed by atoms with Crippen molar-refractivity contribution >= 4 is 6.21 Å². The van der Waals surface area contributed by atoms with Gasteiger partial charge in [-0.3, -0.25) is 0 Å². The van der Waals surface area contributed by atoms with E-state index in [2.05, 4.69) is 10.5 Å². The molecule has 0 aromatic heterocycles. The summed E-state index contributed by atoms with van der Waals surface area (Å²) in [5.74, 6) is 0. The molecule has 0 saturated carbocycles. The number of piperidine rings is 1. The highest BCUT2D eigenvalue weighted by atomic mass is 16.6. The van der Waals surface area contributed by atoms with Crippen molar-refractivity contribution in [3.8, 4) is 0 Å². The van der Waals surface area contributed by atoms with Crippen molar-refractivity contribution in [2.75, 3.05) is 6.54 Å². The molecule has 0 bridgehead atoms. The predicted molar refractivity (Wildman–Crippen MR) is 50.4 cm³/mol. The van der Waals surface area contributed by atoms with E-state index in [0.717, 1.165) is 6.54 Å². The topological polar surface area (TPSA) is 33.6 Å². The van der Waals surface area contributed by atoms with Gasteiger partial charge in [0, 0.05) is 6.04 Å². The van der Waals surface area contributed by atoms with Gasteiger partial charge in [0.15, 0.2) is 0 Å². The Hall–Kier alpha value is -0.570. The molecular formula is C9H18N2O. The van der Waals surface area contributed by atoms with Crippen LogP contribution in [0.2, 0.25) is 0 Å². The van der Waals surface area contributed by atoms with Crippen LogP contribution >= 0.6 is 0 Å². The van der Waals surface area contributed by atoms with E-state index < -0.39 is 0 Å². The quantitative estimate of drug-likeness (QED) is 0.515. The van der Waals surface area contributed by atoms with Crippen LogP contribution in [0.4, 0.5) is 0 Å². The van der Waals surface area contributed by atoms with Gasteiger partial charge in [-0.15, -0.1) is 0 Å². The summed E-state index contributed by atoms with van der Waals surface area (Å²) in [5, 5.41) is 7.27. The fourth-order valence-electron chi connectivity index (χ4n) is 1.24. The first-order valence-electron chi connectivity index (χ1n) is 4.71. The van der Waals surface area contributed by atoms with Crippen molar-refractivity contribution in [2.45, 2.75) is 45.3 Å². The average Bonchev–Trinajstić information content (AvgIpc) is 2.05. The molecule has 70 valence electrons. The van der Waals surface area contributed by atoms with Crippen LogP contribution in [0.1, 0.15) is 33.1 Å². The summed E-state index contributed by atoms with van der Waals surface area (Å²) in [4.78, 5) is 5.07. The van der Waals surface area contributed by atoms with Crippen molar-refractivity contribution < 1.29 is 4.84 Å². The maximum Gasteiger partial charge on any atom is 0.122 e. The molecule has 12 heavy (non-hydrogen) atoms. The highest BCUT2D eigenvalue weighted by molar-refractivity contribution is 5.63. The zero-order chi connectivity index (χ0) is 8.81. The zero-order valence-corrected chi connectivity index (χ0v) is 7.92. The first-order valence-corrected chi connectivity index (χ1v) is 4.71. The van der Waals surface area contributed by atoms with E-state index >= 15 is 0 Å². The summed E-state index contributed by atoms with van der Waals surface area (Å²) in [6.45, 7) is 5.07. The Kier molecular flexibility index (Phi) is 4.08. The third kappa shape index (κ3) is 3.72. The molecule has 0 aromatic carbocycles. The van der Waals surface area contributed by atoms with Gasteiger partial charge in [-0.05, 0) is 33.2 Å². The minimum Gasteiger partial charge on any atom is -0.393 e. The van der Waals surface area contributed by atoms with Crippen molar-refractivity contribution in [1.82, 2.24) is 5.32 Å². The lowest BCUT2D eigenvalue weighted by atomic mass is 10.1. The molecule has 1 aliphatic rings. The SMILES string of the molecule is CC(C)ON=CC1CCCCN1. The van der Waals surface area contributed by atoms with Crippen molar-refractivity contribution in [2.24, 2.45) is 5.16 Å². The summed E-state index contributed by atoms with van der Waals surface area (Å²) in [6, 6.07) is 0.428. The first-order chi connectivity index (χ1) is 5.79.